The average molecular weight is 380 g/mol. The second-order valence-corrected chi connectivity index (χ2v) is 8.24. The van der Waals surface area contributed by atoms with E-state index in [9.17, 15) is 14.9 Å². The van der Waals surface area contributed by atoms with Crippen LogP contribution in [0.25, 0.3) is 0 Å². The van der Waals surface area contributed by atoms with E-state index in [4.69, 9.17) is 0 Å². The van der Waals surface area contributed by atoms with Gasteiger partial charge in [-0.25, -0.2) is 0 Å². The van der Waals surface area contributed by atoms with Gasteiger partial charge in [0.15, 0.2) is 0 Å². The molecule has 27 heavy (non-hydrogen) atoms. The van der Waals surface area contributed by atoms with Gasteiger partial charge >= 0.3 is 0 Å². The molecule has 0 saturated heterocycles. The van der Waals surface area contributed by atoms with Gasteiger partial charge in [-0.05, 0) is 42.9 Å². The Morgan fingerprint density at radius 3 is 3.07 bits per heavy atom. The van der Waals surface area contributed by atoms with E-state index in [0.29, 0.717) is 22.2 Å². The van der Waals surface area contributed by atoms with Crippen molar-refractivity contribution in [2.24, 2.45) is 5.92 Å². The minimum absolute atomic E-state index is 0.0638. The Morgan fingerprint density at radius 1 is 1.44 bits per heavy atom. The number of rotatable bonds is 3. The van der Waals surface area contributed by atoms with Crippen LogP contribution in [0.2, 0.25) is 0 Å². The molecule has 1 aliphatic carbocycles. The maximum absolute atomic E-state index is 12.7. The minimum Gasteiger partial charge on any atom is -0.351 e. The number of amides is 2. The van der Waals surface area contributed by atoms with Crippen molar-refractivity contribution in [3.8, 4) is 6.07 Å². The molecule has 1 unspecified atom stereocenters. The highest BCUT2D eigenvalue weighted by Crippen LogP contribution is 2.39. The van der Waals surface area contributed by atoms with Crippen LogP contribution in [0.4, 0.5) is 16.4 Å². The van der Waals surface area contributed by atoms with Gasteiger partial charge in [-0.2, -0.15) is 5.26 Å². The second kappa shape index (κ2) is 7.05. The quantitative estimate of drug-likeness (QED) is 0.857. The number of anilines is 3. The first-order chi connectivity index (χ1) is 13.0. The minimum atomic E-state index is -0.220. The monoisotopic (exact) mass is 380 g/mol. The Morgan fingerprint density at radius 2 is 2.26 bits per heavy atom. The number of carbonyl (C=O) groups is 2. The standard InChI is InChI=1S/C20H20N4O2S/c1-12-6-7-13-14(9-21)20(27-17(13)8-12)23-19(26)11-24-10-18(25)22-15-4-2-3-5-16(15)24/h2-5,12H,6-8,10-11H2,1H3,(H,22,25)(H,23,26). The molecule has 0 radical (unpaired) electrons. The van der Waals surface area contributed by atoms with Gasteiger partial charge in [-0.15, -0.1) is 11.3 Å². The van der Waals surface area contributed by atoms with E-state index in [1.165, 1.54) is 16.2 Å². The Balaban J connectivity index is 1.53. The molecule has 2 amide bonds. The third-order valence-corrected chi connectivity index (χ3v) is 6.23. The van der Waals surface area contributed by atoms with Crippen LogP contribution in [0.5, 0.6) is 0 Å². The van der Waals surface area contributed by atoms with Gasteiger partial charge in [0, 0.05) is 4.88 Å². The van der Waals surface area contributed by atoms with Gasteiger partial charge in [0.1, 0.15) is 11.1 Å². The Labute approximate surface area is 161 Å². The first-order valence-electron chi connectivity index (χ1n) is 9.03. The lowest BCUT2D eigenvalue weighted by atomic mass is 9.89. The molecular weight excluding hydrogens is 360 g/mol. The fourth-order valence-electron chi connectivity index (χ4n) is 3.74. The third-order valence-electron chi connectivity index (χ3n) is 5.06. The van der Waals surface area contributed by atoms with Crippen molar-refractivity contribution in [2.75, 3.05) is 28.6 Å². The van der Waals surface area contributed by atoms with Crippen LogP contribution in [0.1, 0.15) is 29.3 Å². The van der Waals surface area contributed by atoms with Gasteiger partial charge in [0.25, 0.3) is 0 Å². The normalized spacial score (nSPS) is 18.1. The van der Waals surface area contributed by atoms with Crippen molar-refractivity contribution >= 4 is 39.5 Å². The summed E-state index contributed by atoms with van der Waals surface area (Å²) in [4.78, 5) is 27.5. The molecule has 0 bridgehead atoms. The number of carbonyl (C=O) groups excluding carboxylic acids is 2. The molecule has 138 valence electrons. The highest BCUT2D eigenvalue weighted by atomic mass is 32.1. The Hall–Kier alpha value is -2.85. The maximum Gasteiger partial charge on any atom is 0.244 e. The van der Waals surface area contributed by atoms with Crippen molar-refractivity contribution in [3.63, 3.8) is 0 Å². The van der Waals surface area contributed by atoms with Crippen molar-refractivity contribution in [3.05, 3.63) is 40.3 Å². The number of hydrogen-bond acceptors (Lipinski definition) is 5. The molecule has 1 aromatic carbocycles. The number of benzene rings is 1. The van der Waals surface area contributed by atoms with Crippen LogP contribution in [-0.4, -0.2) is 24.9 Å². The Bertz CT molecular complexity index is 959. The van der Waals surface area contributed by atoms with Crippen molar-refractivity contribution in [1.29, 1.82) is 5.26 Å². The SMILES string of the molecule is CC1CCc2c(sc(NC(=O)CN3CC(=O)Nc4ccccc43)c2C#N)C1. The predicted octanol–water partition coefficient (Wildman–Crippen LogP) is 3.14. The van der Waals surface area contributed by atoms with Crippen LogP contribution in [0.15, 0.2) is 24.3 Å². The van der Waals surface area contributed by atoms with Crippen LogP contribution in [-0.2, 0) is 22.4 Å². The van der Waals surface area contributed by atoms with E-state index >= 15 is 0 Å². The number of nitriles is 1. The lowest BCUT2D eigenvalue weighted by Gasteiger charge is -2.30. The van der Waals surface area contributed by atoms with E-state index in [0.717, 1.165) is 30.5 Å². The number of nitrogens with zero attached hydrogens (tertiary/aromatic N) is 2. The number of thiophene rings is 1. The van der Waals surface area contributed by atoms with Gasteiger partial charge < -0.3 is 15.5 Å². The molecule has 0 fully saturated rings. The maximum atomic E-state index is 12.7. The fraction of sp³-hybridized carbons (Fsp3) is 0.350. The number of para-hydroxylation sites is 2. The molecule has 2 heterocycles. The van der Waals surface area contributed by atoms with Crippen LogP contribution >= 0.6 is 11.3 Å². The first kappa shape index (κ1) is 17.6. The predicted molar refractivity (Wildman–Crippen MR) is 106 cm³/mol. The molecule has 4 rings (SSSR count). The van der Waals surface area contributed by atoms with Crippen molar-refractivity contribution in [2.45, 2.75) is 26.2 Å². The van der Waals surface area contributed by atoms with Gasteiger partial charge in [-0.1, -0.05) is 19.1 Å². The number of fused-ring (bicyclic) bond motifs is 2. The summed E-state index contributed by atoms with van der Waals surface area (Å²) >= 11 is 1.51. The lowest BCUT2D eigenvalue weighted by Crippen LogP contribution is -2.42. The summed E-state index contributed by atoms with van der Waals surface area (Å²) in [5.74, 6) is 0.247. The molecule has 6 nitrogen and oxygen atoms in total. The van der Waals surface area contributed by atoms with Crippen LogP contribution in [0.3, 0.4) is 0 Å². The van der Waals surface area contributed by atoms with E-state index in [1.54, 1.807) is 4.90 Å². The topological polar surface area (TPSA) is 85.2 Å². The van der Waals surface area contributed by atoms with Crippen LogP contribution in [0, 0.1) is 17.2 Å². The number of hydrogen-bond donors (Lipinski definition) is 2. The largest absolute Gasteiger partial charge is 0.351 e. The molecule has 1 atom stereocenters. The van der Waals surface area contributed by atoms with Crippen LogP contribution < -0.4 is 15.5 Å². The zero-order valence-electron chi connectivity index (χ0n) is 15.0. The highest BCUT2D eigenvalue weighted by molar-refractivity contribution is 7.16. The molecular formula is C20H20N4O2S. The third kappa shape index (κ3) is 3.40. The molecule has 0 saturated carbocycles. The first-order valence-corrected chi connectivity index (χ1v) is 9.85. The Kier molecular flexibility index (Phi) is 4.58. The van der Waals surface area contributed by atoms with E-state index < -0.39 is 0 Å². The average Bonchev–Trinajstić information content (AvgIpc) is 2.97. The zero-order chi connectivity index (χ0) is 19.0. The summed E-state index contributed by atoms with van der Waals surface area (Å²) in [6.45, 7) is 2.41. The zero-order valence-corrected chi connectivity index (χ0v) is 15.9. The molecule has 1 aromatic heterocycles. The summed E-state index contributed by atoms with van der Waals surface area (Å²) in [6, 6.07) is 9.69. The highest BCUT2D eigenvalue weighted by Gasteiger charge is 2.26. The number of nitrogens with one attached hydrogen (secondary N) is 2. The molecule has 0 spiro atoms. The van der Waals surface area contributed by atoms with Gasteiger partial charge in [0.2, 0.25) is 11.8 Å². The molecule has 2 aromatic rings. The summed E-state index contributed by atoms with van der Waals surface area (Å²) in [6.07, 6.45) is 2.93. The summed E-state index contributed by atoms with van der Waals surface area (Å²) in [7, 11) is 0. The summed E-state index contributed by atoms with van der Waals surface area (Å²) in [5.41, 5.74) is 3.23. The van der Waals surface area contributed by atoms with Crippen molar-refractivity contribution in [1.82, 2.24) is 0 Å². The van der Waals surface area contributed by atoms with Gasteiger partial charge in [-0.3, -0.25) is 9.59 Å². The van der Waals surface area contributed by atoms with E-state index in [2.05, 4.69) is 23.6 Å². The smallest absolute Gasteiger partial charge is 0.244 e. The fourth-order valence-corrected chi connectivity index (χ4v) is 5.12. The van der Waals surface area contributed by atoms with Crippen molar-refractivity contribution < 1.29 is 9.59 Å². The molecule has 2 N–H and O–H groups in total. The summed E-state index contributed by atoms with van der Waals surface area (Å²) in [5, 5.41) is 15.9. The molecule has 2 aliphatic rings. The van der Waals surface area contributed by atoms with Gasteiger partial charge in [0.05, 0.1) is 30.0 Å². The summed E-state index contributed by atoms with van der Waals surface area (Å²) < 4.78 is 0. The molecule has 7 heteroatoms. The van der Waals surface area contributed by atoms with E-state index in [1.807, 2.05) is 24.3 Å². The molecule has 1 aliphatic heterocycles. The second-order valence-electron chi connectivity index (χ2n) is 7.14. The van der Waals surface area contributed by atoms with E-state index in [-0.39, 0.29) is 24.9 Å². The lowest BCUT2D eigenvalue weighted by molar-refractivity contribution is -0.115.